The van der Waals surface area contributed by atoms with Gasteiger partial charge in [0.1, 0.15) is 27.8 Å². The number of para-hydroxylation sites is 3. The summed E-state index contributed by atoms with van der Waals surface area (Å²) < 4.78 is 18.9. The van der Waals surface area contributed by atoms with Gasteiger partial charge in [-0.05, 0) is 83.9 Å². The van der Waals surface area contributed by atoms with E-state index in [2.05, 4.69) is 102 Å². The average Bonchev–Trinajstić information content (AvgIpc) is 3.85. The van der Waals surface area contributed by atoms with Gasteiger partial charge in [-0.1, -0.05) is 78.9 Å². The van der Waals surface area contributed by atoms with Gasteiger partial charge in [-0.15, -0.1) is 0 Å². The highest BCUT2D eigenvalue weighted by molar-refractivity contribution is 6.13. The van der Waals surface area contributed by atoms with E-state index in [0.29, 0.717) is 5.89 Å². The van der Waals surface area contributed by atoms with Crippen molar-refractivity contribution in [2.24, 2.45) is 0 Å². The molecule has 0 unspecified atom stereocenters. The first kappa shape index (κ1) is 26.6. The zero-order valence-electron chi connectivity index (χ0n) is 25.6. The predicted octanol–water partition coefficient (Wildman–Crippen LogP) is 12.4. The average molecular weight is 619 g/mol. The van der Waals surface area contributed by atoms with Crippen molar-refractivity contribution in [2.45, 2.75) is 0 Å². The summed E-state index contributed by atoms with van der Waals surface area (Å²) in [5.74, 6) is 0.578. The van der Waals surface area contributed by atoms with Crippen molar-refractivity contribution in [2.75, 3.05) is 4.90 Å². The van der Waals surface area contributed by atoms with Crippen molar-refractivity contribution < 1.29 is 13.3 Å². The van der Waals surface area contributed by atoms with Crippen molar-refractivity contribution in [3.8, 4) is 22.6 Å². The number of anilines is 3. The molecular formula is C43H26N2O3. The van der Waals surface area contributed by atoms with Gasteiger partial charge in [-0.25, -0.2) is 4.98 Å². The minimum atomic E-state index is 0.578. The smallest absolute Gasteiger partial charge is 0.228 e. The van der Waals surface area contributed by atoms with Crippen LogP contribution in [0.4, 0.5) is 17.1 Å². The van der Waals surface area contributed by atoms with E-state index < -0.39 is 0 Å². The van der Waals surface area contributed by atoms with Crippen LogP contribution < -0.4 is 4.90 Å². The second-order valence-electron chi connectivity index (χ2n) is 12.0. The number of rotatable bonds is 5. The number of oxazole rings is 1. The summed E-state index contributed by atoms with van der Waals surface area (Å²) in [6.07, 6.45) is 0. The van der Waals surface area contributed by atoms with Gasteiger partial charge in [0.15, 0.2) is 5.58 Å². The summed E-state index contributed by atoms with van der Waals surface area (Å²) in [6, 6.07) is 54.0. The van der Waals surface area contributed by atoms with Gasteiger partial charge in [0, 0.05) is 50.2 Å². The fourth-order valence-electron chi connectivity index (χ4n) is 6.85. The summed E-state index contributed by atoms with van der Waals surface area (Å²) in [6.45, 7) is 0. The van der Waals surface area contributed by atoms with Crippen molar-refractivity contribution in [1.29, 1.82) is 0 Å². The van der Waals surface area contributed by atoms with Crippen LogP contribution in [0.25, 0.3) is 77.6 Å². The lowest BCUT2D eigenvalue weighted by atomic mass is 10.0. The molecule has 5 nitrogen and oxygen atoms in total. The first-order valence-corrected chi connectivity index (χ1v) is 15.9. The van der Waals surface area contributed by atoms with Gasteiger partial charge in [-0.3, -0.25) is 0 Å². The Labute approximate surface area is 274 Å². The third kappa shape index (κ3) is 4.22. The topological polar surface area (TPSA) is 55.6 Å². The quantitative estimate of drug-likeness (QED) is 0.192. The lowest BCUT2D eigenvalue weighted by molar-refractivity contribution is 0.620. The minimum Gasteiger partial charge on any atom is -0.456 e. The molecule has 0 aliphatic carbocycles. The second-order valence-corrected chi connectivity index (χ2v) is 12.0. The van der Waals surface area contributed by atoms with Crippen LogP contribution in [0, 0.1) is 0 Å². The molecule has 3 heterocycles. The van der Waals surface area contributed by atoms with Crippen LogP contribution in [0.3, 0.4) is 0 Å². The SMILES string of the molecule is c1ccc(-c2ccc(N(c3ccc4c(c3)oc3cccc(-c5nc6ccccc6o5)c34)c3ccc4oc5ccccc5c4c3)cc2)cc1. The van der Waals surface area contributed by atoms with Crippen LogP contribution in [-0.2, 0) is 0 Å². The predicted molar refractivity (Wildman–Crippen MR) is 194 cm³/mol. The largest absolute Gasteiger partial charge is 0.456 e. The molecule has 0 radical (unpaired) electrons. The highest BCUT2D eigenvalue weighted by Gasteiger charge is 2.20. The first-order chi connectivity index (χ1) is 23.8. The Kier molecular flexibility index (Phi) is 5.81. The van der Waals surface area contributed by atoms with E-state index in [1.54, 1.807) is 0 Å². The summed E-state index contributed by atoms with van der Waals surface area (Å²) >= 11 is 0. The third-order valence-electron chi connectivity index (χ3n) is 9.11. The molecule has 0 aliphatic heterocycles. The summed E-state index contributed by atoms with van der Waals surface area (Å²) in [4.78, 5) is 7.06. The number of aromatic nitrogens is 1. The lowest BCUT2D eigenvalue weighted by Gasteiger charge is -2.25. The number of furan rings is 2. The van der Waals surface area contributed by atoms with Crippen molar-refractivity contribution in [1.82, 2.24) is 4.98 Å². The van der Waals surface area contributed by atoms with E-state index >= 15 is 0 Å². The molecule has 48 heavy (non-hydrogen) atoms. The van der Waals surface area contributed by atoms with Gasteiger partial charge >= 0.3 is 0 Å². The Morgan fingerprint density at radius 3 is 1.94 bits per heavy atom. The normalized spacial score (nSPS) is 11.8. The maximum Gasteiger partial charge on any atom is 0.228 e. The summed E-state index contributed by atoms with van der Waals surface area (Å²) in [7, 11) is 0. The molecule has 0 spiro atoms. The standard InChI is InChI=1S/C43H26N2O3/c1-2-9-27(10-3-1)28-17-19-29(20-18-28)45(30-22-24-38-35(25-30)32-11-4-6-14-37(32)46-38)31-21-23-33-41(26-31)47-40-16-8-12-34(42(33)40)43-44-36-13-5-7-15-39(36)48-43/h1-26H. The molecule has 0 N–H and O–H groups in total. The number of hydrogen-bond donors (Lipinski definition) is 0. The zero-order chi connectivity index (χ0) is 31.6. The molecule has 0 amide bonds. The number of fused-ring (bicyclic) bond motifs is 7. The Bertz CT molecular complexity index is 2760. The molecule has 5 heteroatoms. The third-order valence-corrected chi connectivity index (χ3v) is 9.11. The fraction of sp³-hybridized carbons (Fsp3) is 0. The van der Waals surface area contributed by atoms with Crippen LogP contribution in [0.5, 0.6) is 0 Å². The summed E-state index contributed by atoms with van der Waals surface area (Å²) in [5, 5.41) is 4.15. The van der Waals surface area contributed by atoms with Crippen LogP contribution in [0.1, 0.15) is 0 Å². The second kappa shape index (κ2) is 10.5. The Hall–Kier alpha value is -6.59. The molecule has 0 atom stereocenters. The highest BCUT2D eigenvalue weighted by atomic mass is 16.4. The Morgan fingerprint density at radius 1 is 0.396 bits per heavy atom. The van der Waals surface area contributed by atoms with E-state index in [4.69, 9.17) is 18.2 Å². The van der Waals surface area contributed by atoms with Crippen LogP contribution in [0.2, 0.25) is 0 Å². The maximum absolute atomic E-state index is 6.53. The Balaban J connectivity index is 1.15. The monoisotopic (exact) mass is 618 g/mol. The van der Waals surface area contributed by atoms with E-state index in [1.165, 1.54) is 5.56 Å². The molecule has 10 rings (SSSR count). The molecule has 3 aromatic heterocycles. The lowest BCUT2D eigenvalue weighted by Crippen LogP contribution is -2.09. The molecule has 226 valence electrons. The first-order valence-electron chi connectivity index (χ1n) is 15.9. The number of benzene rings is 7. The molecule has 0 bridgehead atoms. The summed E-state index contributed by atoms with van der Waals surface area (Å²) in [5.41, 5.74) is 11.2. The molecule has 0 aliphatic rings. The van der Waals surface area contributed by atoms with Crippen molar-refractivity contribution in [3.63, 3.8) is 0 Å². The van der Waals surface area contributed by atoms with Gasteiger partial charge in [0.05, 0.1) is 0 Å². The molecular weight excluding hydrogens is 592 g/mol. The molecule has 0 fully saturated rings. The number of hydrogen-bond acceptors (Lipinski definition) is 5. The maximum atomic E-state index is 6.53. The van der Waals surface area contributed by atoms with Gasteiger partial charge in [-0.2, -0.15) is 0 Å². The van der Waals surface area contributed by atoms with Crippen molar-refractivity contribution >= 4 is 72.0 Å². The number of nitrogens with zero attached hydrogens (tertiary/aromatic N) is 2. The highest BCUT2D eigenvalue weighted by Crippen LogP contribution is 2.43. The van der Waals surface area contributed by atoms with E-state index in [1.807, 2.05) is 60.7 Å². The molecule has 7 aromatic carbocycles. The molecule has 0 saturated heterocycles. The van der Waals surface area contributed by atoms with Crippen molar-refractivity contribution in [3.05, 3.63) is 158 Å². The molecule has 0 saturated carbocycles. The van der Waals surface area contributed by atoms with Gasteiger partial charge in [0.25, 0.3) is 0 Å². The van der Waals surface area contributed by atoms with Crippen LogP contribution in [0.15, 0.2) is 171 Å². The van der Waals surface area contributed by atoms with Gasteiger partial charge < -0.3 is 18.2 Å². The van der Waals surface area contributed by atoms with E-state index in [9.17, 15) is 0 Å². The zero-order valence-corrected chi connectivity index (χ0v) is 25.6. The van der Waals surface area contributed by atoms with Gasteiger partial charge in [0.2, 0.25) is 5.89 Å². The van der Waals surface area contributed by atoms with Crippen LogP contribution in [-0.4, -0.2) is 4.98 Å². The van der Waals surface area contributed by atoms with E-state index in [-0.39, 0.29) is 0 Å². The Morgan fingerprint density at radius 2 is 1.06 bits per heavy atom. The van der Waals surface area contributed by atoms with E-state index in [0.717, 1.165) is 83.2 Å². The fourth-order valence-corrected chi connectivity index (χ4v) is 6.85. The van der Waals surface area contributed by atoms with Crippen LogP contribution >= 0.6 is 0 Å². The minimum absolute atomic E-state index is 0.578. The molecule has 10 aromatic rings.